The van der Waals surface area contributed by atoms with Crippen LogP contribution < -0.4 is 10.6 Å². The molecule has 27 heavy (non-hydrogen) atoms. The number of nitrogens with one attached hydrogen (secondary N) is 2. The molecule has 0 bridgehead atoms. The Hall–Kier alpha value is -1.31. The van der Waals surface area contributed by atoms with E-state index >= 15 is 0 Å². The van der Waals surface area contributed by atoms with Gasteiger partial charge in [0, 0.05) is 47.0 Å². The predicted octanol–water partition coefficient (Wildman–Crippen LogP) is 2.49. The highest BCUT2D eigenvalue weighted by Gasteiger charge is 2.28. The third-order valence-corrected chi connectivity index (χ3v) is 5.91. The van der Waals surface area contributed by atoms with Crippen molar-refractivity contribution in [3.05, 3.63) is 0 Å². The highest BCUT2D eigenvalue weighted by atomic mass is 32.2. The van der Waals surface area contributed by atoms with E-state index in [0.29, 0.717) is 31.3 Å². The lowest BCUT2D eigenvalue weighted by Crippen LogP contribution is -2.53. The molecule has 8 heteroatoms. The fraction of sp³-hybridized carbons (Fsp3) is 0.895. The van der Waals surface area contributed by atoms with Crippen molar-refractivity contribution in [1.29, 1.82) is 0 Å². The number of amides is 1. The van der Waals surface area contributed by atoms with Crippen molar-refractivity contribution in [3.8, 4) is 0 Å². The van der Waals surface area contributed by atoms with Crippen LogP contribution in [0, 0.1) is 0 Å². The first kappa shape index (κ1) is 23.7. The molecule has 158 valence electrons. The first-order valence-electron chi connectivity index (χ1n) is 9.83. The normalized spacial score (nSPS) is 20.2. The average molecular weight is 403 g/mol. The number of carbonyl (C=O) groups excluding carboxylic acids is 1. The Morgan fingerprint density at radius 2 is 1.93 bits per heavy atom. The van der Waals surface area contributed by atoms with Gasteiger partial charge in [0.1, 0.15) is 5.60 Å². The van der Waals surface area contributed by atoms with Crippen LogP contribution in [0.3, 0.4) is 0 Å². The molecule has 1 amide bonds. The number of piperidine rings is 1. The monoisotopic (exact) mass is 402 g/mol. The predicted molar refractivity (Wildman–Crippen MR) is 113 cm³/mol. The fourth-order valence-corrected chi connectivity index (χ4v) is 3.52. The summed E-state index contributed by atoms with van der Waals surface area (Å²) >= 11 is 0. The van der Waals surface area contributed by atoms with Gasteiger partial charge in [0.25, 0.3) is 0 Å². The zero-order chi connectivity index (χ0) is 20.7. The quantitative estimate of drug-likeness (QED) is 0.545. The number of nitrogens with zero attached hydrogens (tertiary/aromatic N) is 2. The second kappa shape index (κ2) is 10.3. The van der Waals surface area contributed by atoms with E-state index in [-0.39, 0.29) is 16.9 Å². The Morgan fingerprint density at radius 3 is 2.48 bits per heavy atom. The molecule has 0 aromatic carbocycles. The first-order valence-corrected chi connectivity index (χ1v) is 11.2. The first-order chi connectivity index (χ1) is 12.4. The van der Waals surface area contributed by atoms with Crippen LogP contribution in [0.25, 0.3) is 0 Å². The molecule has 7 nitrogen and oxygen atoms in total. The van der Waals surface area contributed by atoms with Crippen molar-refractivity contribution >= 4 is 22.9 Å². The van der Waals surface area contributed by atoms with Crippen molar-refractivity contribution in [2.45, 2.75) is 77.7 Å². The van der Waals surface area contributed by atoms with Gasteiger partial charge in [0.05, 0.1) is 6.54 Å². The summed E-state index contributed by atoms with van der Waals surface area (Å²) in [6.07, 6.45) is 1.62. The van der Waals surface area contributed by atoms with Gasteiger partial charge in [0.2, 0.25) is 0 Å². The van der Waals surface area contributed by atoms with Crippen molar-refractivity contribution in [3.63, 3.8) is 0 Å². The van der Waals surface area contributed by atoms with Crippen molar-refractivity contribution in [1.82, 2.24) is 15.5 Å². The number of aliphatic imine (C=N–C) groups is 1. The average Bonchev–Trinajstić information content (AvgIpc) is 2.52. The summed E-state index contributed by atoms with van der Waals surface area (Å²) in [7, 11) is -0.918. The Labute approximate surface area is 167 Å². The van der Waals surface area contributed by atoms with Crippen LogP contribution in [0.4, 0.5) is 4.79 Å². The molecule has 0 aliphatic carbocycles. The molecule has 1 aliphatic rings. The van der Waals surface area contributed by atoms with Gasteiger partial charge < -0.3 is 20.3 Å². The van der Waals surface area contributed by atoms with Crippen molar-refractivity contribution in [2.75, 3.05) is 31.9 Å². The minimum atomic E-state index is -0.918. The zero-order valence-corrected chi connectivity index (χ0v) is 18.9. The molecule has 1 saturated heterocycles. The van der Waals surface area contributed by atoms with Crippen LogP contribution >= 0.6 is 0 Å². The largest absolute Gasteiger partial charge is 0.444 e. The molecule has 0 spiro atoms. The summed E-state index contributed by atoms with van der Waals surface area (Å²) in [6.45, 7) is 16.1. The molecule has 1 fully saturated rings. The fourth-order valence-electron chi connectivity index (χ4n) is 2.65. The molecule has 1 heterocycles. The summed E-state index contributed by atoms with van der Waals surface area (Å²) in [5, 5.41) is 6.64. The van der Waals surface area contributed by atoms with Crippen LogP contribution in [-0.2, 0) is 15.5 Å². The summed E-state index contributed by atoms with van der Waals surface area (Å²) in [5.74, 6) is 1.24. The molecule has 2 atom stereocenters. The molecule has 0 radical (unpaired) electrons. The minimum absolute atomic E-state index is 0.122. The summed E-state index contributed by atoms with van der Waals surface area (Å²) in [5.41, 5.74) is -0.490. The molecule has 1 aliphatic heterocycles. The van der Waals surface area contributed by atoms with Crippen LogP contribution in [0.1, 0.15) is 61.3 Å². The third kappa shape index (κ3) is 9.44. The van der Waals surface area contributed by atoms with E-state index in [9.17, 15) is 9.00 Å². The van der Waals surface area contributed by atoms with Crippen LogP contribution in [0.2, 0.25) is 0 Å². The molecule has 2 N–H and O–H groups in total. The van der Waals surface area contributed by atoms with E-state index < -0.39 is 16.4 Å². The van der Waals surface area contributed by atoms with E-state index in [0.717, 1.165) is 19.4 Å². The van der Waals surface area contributed by atoms with E-state index in [1.54, 1.807) is 4.90 Å². The lowest BCUT2D eigenvalue weighted by molar-refractivity contribution is 0.0193. The molecule has 1 rings (SSSR count). The smallest absolute Gasteiger partial charge is 0.410 e. The van der Waals surface area contributed by atoms with E-state index in [1.807, 2.05) is 48.5 Å². The van der Waals surface area contributed by atoms with Gasteiger partial charge in [-0.25, -0.2) is 4.79 Å². The summed E-state index contributed by atoms with van der Waals surface area (Å²) in [6, 6.07) is 0.122. The van der Waals surface area contributed by atoms with Gasteiger partial charge in [-0.2, -0.15) is 0 Å². The topological polar surface area (TPSA) is 83.0 Å². The number of ether oxygens (including phenoxy) is 1. The second-order valence-electron chi connectivity index (χ2n) is 8.83. The number of likely N-dealkylation sites (tertiary alicyclic amines) is 1. The third-order valence-electron chi connectivity index (χ3n) is 3.99. The number of hydrogen-bond acceptors (Lipinski definition) is 4. The summed E-state index contributed by atoms with van der Waals surface area (Å²) < 4.78 is 17.4. The van der Waals surface area contributed by atoms with Crippen LogP contribution in [0.15, 0.2) is 4.99 Å². The highest BCUT2D eigenvalue weighted by Crippen LogP contribution is 2.15. The lowest BCUT2D eigenvalue weighted by atomic mass is 10.1. The Bertz CT molecular complexity index is 538. The van der Waals surface area contributed by atoms with Gasteiger partial charge >= 0.3 is 6.09 Å². The zero-order valence-electron chi connectivity index (χ0n) is 18.1. The number of hydrogen-bond donors (Lipinski definition) is 2. The van der Waals surface area contributed by atoms with Crippen molar-refractivity contribution in [2.24, 2.45) is 4.99 Å². The Morgan fingerprint density at radius 1 is 1.26 bits per heavy atom. The van der Waals surface area contributed by atoms with Gasteiger partial charge in [-0.3, -0.25) is 9.20 Å². The van der Waals surface area contributed by atoms with E-state index in [1.165, 1.54) is 0 Å². The molecular weight excluding hydrogens is 364 g/mol. The van der Waals surface area contributed by atoms with Crippen LogP contribution in [0.5, 0.6) is 0 Å². The maximum atomic E-state index is 12.3. The highest BCUT2D eigenvalue weighted by molar-refractivity contribution is 7.86. The van der Waals surface area contributed by atoms with Gasteiger partial charge in [-0.05, 0) is 61.3 Å². The van der Waals surface area contributed by atoms with Gasteiger partial charge in [-0.1, -0.05) is 0 Å². The van der Waals surface area contributed by atoms with Gasteiger partial charge in [-0.15, -0.1) is 0 Å². The second-order valence-corrected chi connectivity index (χ2v) is 11.2. The number of carbonyl (C=O) groups is 1. The van der Waals surface area contributed by atoms with Gasteiger partial charge in [0.15, 0.2) is 5.96 Å². The van der Waals surface area contributed by atoms with E-state index in [2.05, 4.69) is 15.6 Å². The Balaban J connectivity index is 2.61. The molecule has 0 aromatic rings. The Kier molecular flexibility index (Phi) is 9.05. The maximum Gasteiger partial charge on any atom is 0.410 e. The molecule has 2 unspecified atom stereocenters. The molecular formula is C19H38N4O3S. The number of guanidine groups is 1. The van der Waals surface area contributed by atoms with E-state index in [4.69, 9.17) is 4.74 Å². The van der Waals surface area contributed by atoms with Crippen LogP contribution in [-0.4, -0.2) is 69.5 Å². The maximum absolute atomic E-state index is 12.3. The minimum Gasteiger partial charge on any atom is -0.444 e. The molecule has 0 aromatic heterocycles. The summed E-state index contributed by atoms with van der Waals surface area (Å²) in [4.78, 5) is 18.6. The number of rotatable bonds is 5. The standard InChI is InChI=1S/C19H38N4O3S/c1-8-20-16(21-11-13-27(25)19(5,6)7)22-15-10-9-12-23(14-15)17(24)26-18(2,3)4/h15H,8-14H2,1-7H3,(H2,20,21,22). The van der Waals surface area contributed by atoms with Crippen molar-refractivity contribution < 1.29 is 13.7 Å². The molecule has 0 saturated carbocycles. The lowest BCUT2D eigenvalue weighted by Gasteiger charge is -2.35. The SMILES string of the molecule is CCNC(=NCCS(=O)C(C)(C)C)NC1CCCN(C(=O)OC(C)(C)C)C1.